The molecule has 1 fully saturated rings. The zero-order valence-electron chi connectivity index (χ0n) is 11.1. The van der Waals surface area contributed by atoms with Gasteiger partial charge in [-0.25, -0.2) is 0 Å². The number of aryl methyl sites for hydroxylation is 1. The Morgan fingerprint density at radius 1 is 1.67 bits per heavy atom. The summed E-state index contributed by atoms with van der Waals surface area (Å²) in [6, 6.07) is 1.85. The van der Waals surface area contributed by atoms with Gasteiger partial charge in [0.25, 0.3) is 0 Å². The van der Waals surface area contributed by atoms with Crippen molar-refractivity contribution in [1.29, 1.82) is 0 Å². The Hall–Kier alpha value is -1.36. The number of nitrogens with one attached hydrogen (secondary N) is 2. The lowest BCUT2D eigenvalue weighted by atomic mass is 9.77. The first kappa shape index (κ1) is 13.1. The van der Waals surface area contributed by atoms with Crippen LogP contribution >= 0.6 is 0 Å². The predicted molar refractivity (Wildman–Crippen MR) is 67.9 cm³/mol. The molecule has 1 atom stereocenters. The van der Waals surface area contributed by atoms with E-state index in [-0.39, 0.29) is 11.3 Å². The van der Waals surface area contributed by atoms with Gasteiger partial charge in [0.2, 0.25) is 5.91 Å². The Bertz CT molecular complexity index is 408. The van der Waals surface area contributed by atoms with Crippen LogP contribution in [0.4, 0.5) is 0 Å². The van der Waals surface area contributed by atoms with Gasteiger partial charge in [-0.3, -0.25) is 4.79 Å². The van der Waals surface area contributed by atoms with E-state index in [0.717, 1.165) is 38.0 Å². The van der Waals surface area contributed by atoms with E-state index in [0.29, 0.717) is 12.3 Å². The number of nitrogens with zero attached hydrogens (tertiary/aromatic N) is 1. The molecule has 2 rings (SSSR count). The molecule has 2 N–H and O–H groups in total. The van der Waals surface area contributed by atoms with Gasteiger partial charge in [0.05, 0.1) is 17.7 Å². The molecule has 0 aromatic carbocycles. The average molecular weight is 251 g/mol. The minimum absolute atomic E-state index is 0.117. The molecule has 1 aromatic rings. The SMILES string of the molecule is CCC1(C(=O)NCc2cc(C)no2)CCCNC1. The van der Waals surface area contributed by atoms with E-state index in [1.807, 2.05) is 13.0 Å². The van der Waals surface area contributed by atoms with Crippen LogP contribution in [0.15, 0.2) is 10.6 Å². The van der Waals surface area contributed by atoms with Crippen molar-refractivity contribution >= 4 is 5.91 Å². The van der Waals surface area contributed by atoms with Crippen LogP contribution < -0.4 is 10.6 Å². The van der Waals surface area contributed by atoms with E-state index in [9.17, 15) is 4.79 Å². The molecule has 1 aliphatic heterocycles. The van der Waals surface area contributed by atoms with Gasteiger partial charge < -0.3 is 15.2 Å². The maximum atomic E-state index is 12.3. The van der Waals surface area contributed by atoms with Gasteiger partial charge in [-0.05, 0) is 32.7 Å². The van der Waals surface area contributed by atoms with Gasteiger partial charge in [0.15, 0.2) is 5.76 Å². The number of hydrogen-bond acceptors (Lipinski definition) is 4. The number of carbonyl (C=O) groups is 1. The number of hydrogen-bond donors (Lipinski definition) is 2. The van der Waals surface area contributed by atoms with Crippen LogP contribution in [-0.2, 0) is 11.3 Å². The minimum Gasteiger partial charge on any atom is -0.359 e. The standard InChI is InChI=1S/C13H21N3O2/c1-3-13(5-4-6-14-9-13)12(17)15-8-11-7-10(2)16-18-11/h7,14H,3-6,8-9H2,1-2H3,(H,15,17). The van der Waals surface area contributed by atoms with Crippen LogP contribution in [0.1, 0.15) is 37.6 Å². The lowest BCUT2D eigenvalue weighted by Crippen LogP contribution is -2.49. The Morgan fingerprint density at radius 2 is 2.50 bits per heavy atom. The summed E-state index contributed by atoms with van der Waals surface area (Å²) in [5.74, 6) is 0.821. The molecule has 0 saturated carbocycles. The molecule has 5 heteroatoms. The number of amides is 1. The number of piperidine rings is 1. The molecule has 1 aromatic heterocycles. The monoisotopic (exact) mass is 251 g/mol. The molecule has 0 spiro atoms. The predicted octanol–water partition coefficient (Wildman–Crippen LogP) is 1.38. The van der Waals surface area contributed by atoms with Gasteiger partial charge >= 0.3 is 0 Å². The molecule has 18 heavy (non-hydrogen) atoms. The van der Waals surface area contributed by atoms with Gasteiger partial charge in [-0.1, -0.05) is 12.1 Å². The first-order valence-corrected chi connectivity index (χ1v) is 6.57. The summed E-state index contributed by atoms with van der Waals surface area (Å²) >= 11 is 0. The second-order valence-electron chi connectivity index (χ2n) is 5.03. The molecular formula is C13H21N3O2. The quantitative estimate of drug-likeness (QED) is 0.848. The van der Waals surface area contributed by atoms with Crippen molar-refractivity contribution in [3.63, 3.8) is 0 Å². The summed E-state index contributed by atoms with van der Waals surface area (Å²) in [7, 11) is 0. The molecule has 5 nitrogen and oxygen atoms in total. The van der Waals surface area contributed by atoms with Crippen molar-refractivity contribution < 1.29 is 9.32 Å². The van der Waals surface area contributed by atoms with Crippen LogP contribution in [0.25, 0.3) is 0 Å². The summed E-state index contributed by atoms with van der Waals surface area (Å²) in [6.07, 6.45) is 2.88. The summed E-state index contributed by atoms with van der Waals surface area (Å²) < 4.78 is 5.09. The zero-order chi connectivity index (χ0) is 13.0. The van der Waals surface area contributed by atoms with Crippen LogP contribution in [0.2, 0.25) is 0 Å². The second kappa shape index (κ2) is 5.52. The van der Waals surface area contributed by atoms with E-state index in [2.05, 4.69) is 22.7 Å². The fraction of sp³-hybridized carbons (Fsp3) is 0.692. The smallest absolute Gasteiger partial charge is 0.227 e. The van der Waals surface area contributed by atoms with Gasteiger partial charge in [0, 0.05) is 12.6 Å². The first-order chi connectivity index (χ1) is 8.66. The highest BCUT2D eigenvalue weighted by molar-refractivity contribution is 5.82. The van der Waals surface area contributed by atoms with Crippen molar-refractivity contribution in [2.24, 2.45) is 5.41 Å². The van der Waals surface area contributed by atoms with Crippen LogP contribution in [0.5, 0.6) is 0 Å². The van der Waals surface area contributed by atoms with Crippen molar-refractivity contribution in [2.45, 2.75) is 39.7 Å². The average Bonchev–Trinajstić information content (AvgIpc) is 2.82. The lowest BCUT2D eigenvalue weighted by molar-refractivity contribution is -0.132. The Labute approximate surface area is 107 Å². The van der Waals surface area contributed by atoms with Crippen molar-refractivity contribution in [2.75, 3.05) is 13.1 Å². The second-order valence-corrected chi connectivity index (χ2v) is 5.03. The maximum Gasteiger partial charge on any atom is 0.227 e. The Kier molecular flexibility index (Phi) is 4.01. The molecular weight excluding hydrogens is 230 g/mol. The maximum absolute atomic E-state index is 12.3. The van der Waals surface area contributed by atoms with Crippen molar-refractivity contribution in [1.82, 2.24) is 15.8 Å². The number of carbonyl (C=O) groups excluding carboxylic acids is 1. The third-order valence-corrected chi connectivity index (χ3v) is 3.73. The highest BCUT2D eigenvalue weighted by atomic mass is 16.5. The van der Waals surface area contributed by atoms with Crippen LogP contribution in [-0.4, -0.2) is 24.2 Å². The molecule has 2 heterocycles. The third-order valence-electron chi connectivity index (χ3n) is 3.73. The summed E-state index contributed by atoms with van der Waals surface area (Å²) in [5.41, 5.74) is 0.580. The van der Waals surface area contributed by atoms with Gasteiger partial charge in [-0.2, -0.15) is 0 Å². The summed E-state index contributed by atoms with van der Waals surface area (Å²) in [6.45, 7) is 6.14. The molecule has 1 amide bonds. The largest absolute Gasteiger partial charge is 0.359 e. The van der Waals surface area contributed by atoms with Gasteiger partial charge in [0.1, 0.15) is 0 Å². The van der Waals surface area contributed by atoms with Crippen molar-refractivity contribution in [3.05, 3.63) is 17.5 Å². The fourth-order valence-corrected chi connectivity index (χ4v) is 2.48. The van der Waals surface area contributed by atoms with Crippen molar-refractivity contribution in [3.8, 4) is 0 Å². The highest BCUT2D eigenvalue weighted by Crippen LogP contribution is 2.30. The molecule has 1 aliphatic rings. The number of rotatable bonds is 4. The molecule has 1 unspecified atom stereocenters. The normalized spacial score (nSPS) is 23.9. The van der Waals surface area contributed by atoms with Crippen LogP contribution in [0.3, 0.4) is 0 Å². The Balaban J connectivity index is 1.93. The molecule has 1 saturated heterocycles. The van der Waals surface area contributed by atoms with E-state index in [1.54, 1.807) is 0 Å². The Morgan fingerprint density at radius 3 is 3.06 bits per heavy atom. The molecule has 100 valence electrons. The number of aromatic nitrogens is 1. The summed E-state index contributed by atoms with van der Waals surface area (Å²) in [4.78, 5) is 12.3. The topological polar surface area (TPSA) is 67.2 Å². The minimum atomic E-state index is -0.257. The zero-order valence-corrected chi connectivity index (χ0v) is 11.1. The fourth-order valence-electron chi connectivity index (χ4n) is 2.48. The van der Waals surface area contributed by atoms with E-state index in [4.69, 9.17) is 4.52 Å². The van der Waals surface area contributed by atoms with Crippen LogP contribution in [0, 0.1) is 12.3 Å². The highest BCUT2D eigenvalue weighted by Gasteiger charge is 2.37. The lowest BCUT2D eigenvalue weighted by Gasteiger charge is -2.35. The molecule has 0 aliphatic carbocycles. The van der Waals surface area contributed by atoms with E-state index < -0.39 is 0 Å². The van der Waals surface area contributed by atoms with E-state index >= 15 is 0 Å². The molecule has 0 radical (unpaired) electrons. The third kappa shape index (κ3) is 2.72. The van der Waals surface area contributed by atoms with Gasteiger partial charge in [-0.15, -0.1) is 0 Å². The summed E-state index contributed by atoms with van der Waals surface area (Å²) in [5, 5.41) is 10.1. The first-order valence-electron chi connectivity index (χ1n) is 6.57. The van der Waals surface area contributed by atoms with E-state index in [1.165, 1.54) is 0 Å². The molecule has 0 bridgehead atoms.